The van der Waals surface area contributed by atoms with Crippen molar-refractivity contribution in [1.29, 1.82) is 0 Å². The summed E-state index contributed by atoms with van der Waals surface area (Å²) in [6.07, 6.45) is -0.697. The summed E-state index contributed by atoms with van der Waals surface area (Å²) in [4.78, 5) is 11.5. The number of nitrogens with one attached hydrogen (secondary N) is 2. The Morgan fingerprint density at radius 3 is 3.00 bits per heavy atom. The summed E-state index contributed by atoms with van der Waals surface area (Å²) >= 11 is 0. The van der Waals surface area contributed by atoms with E-state index in [0.29, 0.717) is 0 Å². The van der Waals surface area contributed by atoms with Crippen molar-refractivity contribution in [3.63, 3.8) is 0 Å². The van der Waals surface area contributed by atoms with E-state index in [2.05, 4.69) is 10.6 Å². The topological polar surface area (TPSA) is 70.6 Å². The number of ether oxygens (including phenoxy) is 1. The molecular weight excluding hydrogens is 244 g/mol. The van der Waals surface area contributed by atoms with Crippen molar-refractivity contribution < 1.29 is 14.6 Å². The van der Waals surface area contributed by atoms with Crippen LogP contribution in [0.15, 0.2) is 24.3 Å². The smallest absolute Gasteiger partial charge is 0.225 e. The van der Waals surface area contributed by atoms with Crippen molar-refractivity contribution in [2.45, 2.75) is 13.0 Å². The van der Waals surface area contributed by atoms with Crippen LogP contribution in [-0.4, -0.2) is 43.4 Å². The van der Waals surface area contributed by atoms with Gasteiger partial charge in [-0.1, -0.05) is 12.1 Å². The summed E-state index contributed by atoms with van der Waals surface area (Å²) in [5.41, 5.74) is 1.11. The first-order chi connectivity index (χ1) is 9.15. The number of benzene rings is 1. The predicted octanol–water partition coefficient (Wildman–Crippen LogP) is 0.0703. The van der Waals surface area contributed by atoms with E-state index in [9.17, 15) is 9.90 Å². The summed E-state index contributed by atoms with van der Waals surface area (Å²) in [6, 6.07) is 7.64. The molecule has 5 heteroatoms. The quantitative estimate of drug-likeness (QED) is 0.680. The molecule has 0 aliphatic carbocycles. The molecule has 5 nitrogen and oxygen atoms in total. The number of hydrogen-bond donors (Lipinski definition) is 3. The van der Waals surface area contributed by atoms with Crippen LogP contribution in [0.1, 0.15) is 5.56 Å². The number of aliphatic hydroxyl groups excluding tert-OH is 1. The third-order valence-corrected chi connectivity index (χ3v) is 3.10. The van der Waals surface area contributed by atoms with E-state index in [4.69, 9.17) is 4.74 Å². The van der Waals surface area contributed by atoms with E-state index < -0.39 is 6.10 Å². The molecule has 0 spiro atoms. The molecule has 1 unspecified atom stereocenters. The van der Waals surface area contributed by atoms with Gasteiger partial charge in [0.05, 0.1) is 5.92 Å². The van der Waals surface area contributed by atoms with Gasteiger partial charge >= 0.3 is 0 Å². The van der Waals surface area contributed by atoms with Crippen molar-refractivity contribution >= 4 is 5.91 Å². The fourth-order valence-electron chi connectivity index (χ4n) is 1.79. The minimum atomic E-state index is -0.697. The molecule has 0 bridgehead atoms. The van der Waals surface area contributed by atoms with Crippen molar-refractivity contribution in [3.05, 3.63) is 29.8 Å². The van der Waals surface area contributed by atoms with E-state index in [0.717, 1.165) is 24.4 Å². The molecule has 1 fully saturated rings. The fraction of sp³-hybridized carbons (Fsp3) is 0.500. The first kappa shape index (κ1) is 13.8. The second kappa shape index (κ2) is 6.54. The second-order valence-electron chi connectivity index (χ2n) is 4.88. The highest BCUT2D eigenvalue weighted by Gasteiger charge is 2.24. The van der Waals surface area contributed by atoms with Crippen LogP contribution in [0, 0.1) is 12.8 Å². The van der Waals surface area contributed by atoms with E-state index in [1.165, 1.54) is 0 Å². The molecule has 0 aromatic heterocycles. The molecule has 104 valence electrons. The minimum absolute atomic E-state index is 0.00615. The van der Waals surface area contributed by atoms with E-state index in [-0.39, 0.29) is 25.0 Å². The molecular formula is C14H20N2O3. The number of aryl methyl sites for hydroxylation is 1. The highest BCUT2D eigenvalue weighted by Crippen LogP contribution is 2.12. The van der Waals surface area contributed by atoms with Gasteiger partial charge in [-0.25, -0.2) is 0 Å². The lowest BCUT2D eigenvalue weighted by atomic mass is 10.0. The molecule has 2 rings (SSSR count). The lowest BCUT2D eigenvalue weighted by Crippen LogP contribution is -2.52. The predicted molar refractivity (Wildman–Crippen MR) is 72.1 cm³/mol. The third kappa shape index (κ3) is 4.22. The minimum Gasteiger partial charge on any atom is -0.491 e. The van der Waals surface area contributed by atoms with Crippen LogP contribution in [0.5, 0.6) is 5.75 Å². The monoisotopic (exact) mass is 264 g/mol. The van der Waals surface area contributed by atoms with Crippen molar-refractivity contribution in [1.82, 2.24) is 10.6 Å². The van der Waals surface area contributed by atoms with Crippen molar-refractivity contribution in [3.8, 4) is 5.75 Å². The molecule has 1 amide bonds. The van der Waals surface area contributed by atoms with Crippen LogP contribution < -0.4 is 15.4 Å². The van der Waals surface area contributed by atoms with Crippen LogP contribution in [0.25, 0.3) is 0 Å². The van der Waals surface area contributed by atoms with Crippen LogP contribution in [-0.2, 0) is 4.79 Å². The average molecular weight is 264 g/mol. The number of rotatable bonds is 6. The molecule has 19 heavy (non-hydrogen) atoms. The Bertz CT molecular complexity index is 432. The first-order valence-corrected chi connectivity index (χ1v) is 6.51. The normalized spacial score (nSPS) is 16.5. The zero-order valence-corrected chi connectivity index (χ0v) is 11.1. The van der Waals surface area contributed by atoms with Gasteiger partial charge in [-0.05, 0) is 24.6 Å². The Morgan fingerprint density at radius 1 is 1.58 bits per heavy atom. The largest absolute Gasteiger partial charge is 0.491 e. The molecule has 1 aliphatic rings. The van der Waals surface area contributed by atoms with Gasteiger partial charge in [0.25, 0.3) is 0 Å². The number of carbonyl (C=O) groups is 1. The fourth-order valence-corrected chi connectivity index (χ4v) is 1.79. The number of aliphatic hydroxyl groups is 1. The molecule has 0 saturated carbocycles. The standard InChI is InChI=1S/C14H20N2O3/c1-10-3-2-4-13(5-10)19-9-12(17)8-16-14(18)11-6-15-7-11/h2-5,11-12,15,17H,6-9H2,1H3,(H,16,18). The molecule has 1 saturated heterocycles. The SMILES string of the molecule is Cc1cccc(OCC(O)CNC(=O)C2CNC2)c1. The van der Waals surface area contributed by atoms with Gasteiger partial charge in [-0.15, -0.1) is 0 Å². The highest BCUT2D eigenvalue weighted by molar-refractivity contribution is 5.80. The Balaban J connectivity index is 1.66. The molecule has 1 heterocycles. The molecule has 3 N–H and O–H groups in total. The molecule has 1 aromatic carbocycles. The highest BCUT2D eigenvalue weighted by atomic mass is 16.5. The van der Waals surface area contributed by atoms with Gasteiger partial charge in [-0.3, -0.25) is 4.79 Å². The third-order valence-electron chi connectivity index (χ3n) is 3.10. The van der Waals surface area contributed by atoms with E-state index >= 15 is 0 Å². The van der Waals surface area contributed by atoms with E-state index in [1.54, 1.807) is 0 Å². The molecule has 1 aliphatic heterocycles. The average Bonchev–Trinajstić information content (AvgIpc) is 2.32. The molecule has 1 atom stereocenters. The van der Waals surface area contributed by atoms with Gasteiger partial charge in [0.1, 0.15) is 18.5 Å². The Hall–Kier alpha value is -1.59. The van der Waals surface area contributed by atoms with Crippen LogP contribution in [0.2, 0.25) is 0 Å². The zero-order chi connectivity index (χ0) is 13.7. The van der Waals surface area contributed by atoms with Gasteiger partial charge in [-0.2, -0.15) is 0 Å². The number of hydrogen-bond acceptors (Lipinski definition) is 4. The van der Waals surface area contributed by atoms with Gasteiger partial charge in [0, 0.05) is 19.6 Å². The summed E-state index contributed by atoms with van der Waals surface area (Å²) in [6.45, 7) is 3.83. The zero-order valence-electron chi connectivity index (χ0n) is 11.1. The maximum absolute atomic E-state index is 11.5. The van der Waals surface area contributed by atoms with Crippen LogP contribution >= 0.6 is 0 Å². The summed E-state index contributed by atoms with van der Waals surface area (Å²) in [7, 11) is 0. The van der Waals surface area contributed by atoms with Gasteiger partial charge in [0.2, 0.25) is 5.91 Å². The summed E-state index contributed by atoms with van der Waals surface area (Å²) in [5.74, 6) is 0.770. The Kier molecular flexibility index (Phi) is 4.76. The van der Waals surface area contributed by atoms with Crippen molar-refractivity contribution in [2.75, 3.05) is 26.2 Å². The van der Waals surface area contributed by atoms with Gasteiger partial charge < -0.3 is 20.5 Å². The molecule has 0 radical (unpaired) electrons. The number of carbonyl (C=O) groups excluding carboxylic acids is 1. The van der Waals surface area contributed by atoms with Crippen molar-refractivity contribution in [2.24, 2.45) is 5.92 Å². The number of amides is 1. The lowest BCUT2D eigenvalue weighted by molar-refractivity contribution is -0.126. The summed E-state index contributed by atoms with van der Waals surface area (Å²) < 4.78 is 5.47. The summed E-state index contributed by atoms with van der Waals surface area (Å²) in [5, 5.41) is 15.5. The molecule has 1 aromatic rings. The second-order valence-corrected chi connectivity index (χ2v) is 4.88. The Labute approximate surface area is 113 Å². The maximum Gasteiger partial charge on any atom is 0.225 e. The van der Waals surface area contributed by atoms with Crippen LogP contribution in [0.4, 0.5) is 0 Å². The Morgan fingerprint density at radius 2 is 2.37 bits per heavy atom. The lowest BCUT2D eigenvalue weighted by Gasteiger charge is -2.26. The van der Waals surface area contributed by atoms with Gasteiger partial charge in [0.15, 0.2) is 0 Å². The first-order valence-electron chi connectivity index (χ1n) is 6.51. The van der Waals surface area contributed by atoms with E-state index in [1.807, 2.05) is 31.2 Å². The maximum atomic E-state index is 11.5. The van der Waals surface area contributed by atoms with Crippen LogP contribution in [0.3, 0.4) is 0 Å².